The van der Waals surface area contributed by atoms with Crippen molar-refractivity contribution in [3.63, 3.8) is 0 Å². The summed E-state index contributed by atoms with van der Waals surface area (Å²) in [7, 11) is 0. The van der Waals surface area contributed by atoms with E-state index < -0.39 is 0 Å². The number of hydrogen-bond acceptors (Lipinski definition) is 2. The number of halogens is 1. The maximum Gasteiger partial charge on any atom is 0.217 e. The summed E-state index contributed by atoms with van der Waals surface area (Å²) in [5.41, 5.74) is 0.561. The van der Waals surface area contributed by atoms with E-state index in [0.717, 1.165) is 24.8 Å². The maximum absolute atomic E-state index is 10.9. The second kappa shape index (κ2) is 4.42. The average molecular weight is 275 g/mol. The average Bonchev–Trinajstić information content (AvgIpc) is 2.82. The molecule has 0 aromatic rings. The van der Waals surface area contributed by atoms with E-state index in [1.54, 1.807) is 6.92 Å². The molecule has 1 N–H and O–H groups in total. The SMILES string of the molecule is CC(=O)NC1CCN(CC2(CBr)CC2)C1. The highest BCUT2D eigenvalue weighted by molar-refractivity contribution is 9.09. The molecule has 3 nitrogen and oxygen atoms in total. The van der Waals surface area contributed by atoms with Gasteiger partial charge in [-0.05, 0) is 24.7 Å². The topological polar surface area (TPSA) is 32.3 Å². The fourth-order valence-electron chi connectivity index (χ4n) is 2.37. The third-order valence-electron chi connectivity index (χ3n) is 3.48. The molecule has 2 aliphatic rings. The van der Waals surface area contributed by atoms with E-state index in [0.29, 0.717) is 11.5 Å². The fraction of sp³-hybridized carbons (Fsp3) is 0.909. The predicted octanol–water partition coefficient (Wildman–Crippen LogP) is 1.37. The molecule has 1 unspecified atom stereocenters. The van der Waals surface area contributed by atoms with Crippen molar-refractivity contribution in [2.45, 2.75) is 32.2 Å². The highest BCUT2D eigenvalue weighted by Gasteiger charge is 2.43. The Labute approximate surface area is 99.7 Å². The number of nitrogens with one attached hydrogen (secondary N) is 1. The number of amides is 1. The number of rotatable bonds is 4. The summed E-state index contributed by atoms with van der Waals surface area (Å²) in [6.45, 7) is 4.98. The molecule has 1 aliphatic carbocycles. The van der Waals surface area contributed by atoms with E-state index in [1.807, 2.05) is 0 Å². The number of likely N-dealkylation sites (tertiary alicyclic amines) is 1. The predicted molar refractivity (Wildman–Crippen MR) is 64.1 cm³/mol. The molecule has 15 heavy (non-hydrogen) atoms. The molecule has 1 saturated carbocycles. The largest absolute Gasteiger partial charge is 0.352 e. The Balaban J connectivity index is 1.75. The Hall–Kier alpha value is -0.0900. The molecular weight excluding hydrogens is 256 g/mol. The molecule has 2 rings (SSSR count). The molecule has 0 bridgehead atoms. The minimum absolute atomic E-state index is 0.100. The second-order valence-corrected chi connectivity index (χ2v) is 5.62. The van der Waals surface area contributed by atoms with Gasteiger partial charge in [0.1, 0.15) is 0 Å². The zero-order chi connectivity index (χ0) is 10.9. The van der Waals surface area contributed by atoms with E-state index in [1.165, 1.54) is 19.4 Å². The Kier molecular flexibility index (Phi) is 3.36. The third-order valence-corrected chi connectivity index (χ3v) is 4.67. The van der Waals surface area contributed by atoms with Crippen molar-refractivity contribution in [3.05, 3.63) is 0 Å². The normalized spacial score (nSPS) is 29.1. The number of hydrogen-bond donors (Lipinski definition) is 1. The molecule has 2 fully saturated rings. The van der Waals surface area contributed by atoms with Gasteiger partial charge in [-0.1, -0.05) is 15.9 Å². The molecular formula is C11H19BrN2O. The summed E-state index contributed by atoms with van der Waals surface area (Å²) in [5.74, 6) is 0.100. The number of nitrogens with zero attached hydrogens (tertiary/aromatic N) is 1. The van der Waals surface area contributed by atoms with Crippen molar-refractivity contribution in [1.29, 1.82) is 0 Å². The first-order valence-electron chi connectivity index (χ1n) is 5.69. The van der Waals surface area contributed by atoms with Crippen molar-refractivity contribution >= 4 is 21.8 Å². The van der Waals surface area contributed by atoms with Gasteiger partial charge in [0.2, 0.25) is 5.91 Å². The highest BCUT2D eigenvalue weighted by atomic mass is 79.9. The molecule has 1 heterocycles. The fourth-order valence-corrected chi connectivity index (χ4v) is 3.10. The number of alkyl halides is 1. The molecule has 0 radical (unpaired) electrons. The maximum atomic E-state index is 10.9. The van der Waals surface area contributed by atoms with Crippen LogP contribution in [0.4, 0.5) is 0 Å². The molecule has 1 atom stereocenters. The summed E-state index contributed by atoms with van der Waals surface area (Å²) in [4.78, 5) is 13.4. The first kappa shape index (κ1) is 11.4. The molecule has 0 spiro atoms. The zero-order valence-electron chi connectivity index (χ0n) is 9.26. The molecule has 1 amide bonds. The van der Waals surface area contributed by atoms with E-state index in [-0.39, 0.29) is 5.91 Å². The molecule has 4 heteroatoms. The molecule has 1 saturated heterocycles. The Morgan fingerprint density at radius 1 is 1.60 bits per heavy atom. The summed E-state index contributed by atoms with van der Waals surface area (Å²) < 4.78 is 0. The molecule has 86 valence electrons. The van der Waals surface area contributed by atoms with Crippen LogP contribution < -0.4 is 5.32 Å². The van der Waals surface area contributed by atoms with Crippen LogP contribution >= 0.6 is 15.9 Å². The van der Waals surface area contributed by atoms with Gasteiger partial charge in [0.05, 0.1) is 0 Å². The number of carbonyl (C=O) groups excluding carboxylic acids is 1. The van der Waals surface area contributed by atoms with Gasteiger partial charge in [-0.15, -0.1) is 0 Å². The van der Waals surface area contributed by atoms with Gasteiger partial charge in [-0.2, -0.15) is 0 Å². The summed E-state index contributed by atoms with van der Waals surface area (Å²) in [6, 6.07) is 0.383. The van der Waals surface area contributed by atoms with Crippen molar-refractivity contribution in [3.8, 4) is 0 Å². The number of carbonyl (C=O) groups is 1. The van der Waals surface area contributed by atoms with E-state index in [4.69, 9.17) is 0 Å². The van der Waals surface area contributed by atoms with Crippen LogP contribution in [0.15, 0.2) is 0 Å². The van der Waals surface area contributed by atoms with Gasteiger partial charge in [0.25, 0.3) is 0 Å². The summed E-state index contributed by atoms with van der Waals surface area (Å²) in [6.07, 6.45) is 3.83. The van der Waals surface area contributed by atoms with Crippen molar-refractivity contribution < 1.29 is 4.79 Å². The van der Waals surface area contributed by atoms with Crippen molar-refractivity contribution in [1.82, 2.24) is 10.2 Å². The van der Waals surface area contributed by atoms with E-state index in [2.05, 4.69) is 26.1 Å². The van der Waals surface area contributed by atoms with Crippen LogP contribution in [0.1, 0.15) is 26.2 Å². The van der Waals surface area contributed by atoms with Crippen molar-refractivity contribution in [2.24, 2.45) is 5.41 Å². The summed E-state index contributed by atoms with van der Waals surface area (Å²) in [5, 5.41) is 4.13. The Morgan fingerprint density at radius 3 is 2.87 bits per heavy atom. The van der Waals surface area contributed by atoms with Gasteiger partial charge < -0.3 is 10.2 Å². The van der Waals surface area contributed by atoms with Crippen LogP contribution in [0.5, 0.6) is 0 Å². The smallest absolute Gasteiger partial charge is 0.217 e. The zero-order valence-corrected chi connectivity index (χ0v) is 10.8. The first-order chi connectivity index (χ1) is 7.13. The third kappa shape index (κ3) is 2.94. The van der Waals surface area contributed by atoms with Gasteiger partial charge >= 0.3 is 0 Å². The molecule has 1 aliphatic heterocycles. The lowest BCUT2D eigenvalue weighted by atomic mass is 10.1. The lowest BCUT2D eigenvalue weighted by Crippen LogP contribution is -2.37. The minimum Gasteiger partial charge on any atom is -0.352 e. The lowest BCUT2D eigenvalue weighted by Gasteiger charge is -2.21. The lowest BCUT2D eigenvalue weighted by molar-refractivity contribution is -0.119. The van der Waals surface area contributed by atoms with Gasteiger partial charge in [-0.3, -0.25) is 4.79 Å². The van der Waals surface area contributed by atoms with Crippen LogP contribution in [0.3, 0.4) is 0 Å². The van der Waals surface area contributed by atoms with E-state index in [9.17, 15) is 4.79 Å². The quantitative estimate of drug-likeness (QED) is 0.786. The van der Waals surface area contributed by atoms with Gasteiger partial charge in [0.15, 0.2) is 0 Å². The van der Waals surface area contributed by atoms with Crippen LogP contribution in [0.25, 0.3) is 0 Å². The monoisotopic (exact) mass is 274 g/mol. The van der Waals surface area contributed by atoms with Crippen LogP contribution in [-0.2, 0) is 4.79 Å². The molecule has 0 aromatic carbocycles. The Bertz CT molecular complexity index is 253. The van der Waals surface area contributed by atoms with Crippen LogP contribution in [0.2, 0.25) is 0 Å². The summed E-state index contributed by atoms with van der Waals surface area (Å²) >= 11 is 3.60. The second-order valence-electron chi connectivity index (χ2n) is 5.05. The standard InChI is InChI=1S/C11H19BrN2O/c1-9(15)13-10-2-5-14(6-10)8-11(7-12)3-4-11/h10H,2-8H2,1H3,(H,13,15). The van der Waals surface area contributed by atoms with Gasteiger partial charge in [0, 0.05) is 37.9 Å². The molecule has 0 aromatic heterocycles. The minimum atomic E-state index is 0.100. The van der Waals surface area contributed by atoms with Crippen LogP contribution in [0, 0.1) is 5.41 Å². The van der Waals surface area contributed by atoms with Crippen LogP contribution in [-0.4, -0.2) is 41.8 Å². The Morgan fingerprint density at radius 2 is 2.33 bits per heavy atom. The van der Waals surface area contributed by atoms with Crippen molar-refractivity contribution in [2.75, 3.05) is 25.0 Å². The van der Waals surface area contributed by atoms with E-state index >= 15 is 0 Å². The van der Waals surface area contributed by atoms with Gasteiger partial charge in [-0.25, -0.2) is 0 Å². The highest BCUT2D eigenvalue weighted by Crippen LogP contribution is 2.47. The first-order valence-corrected chi connectivity index (χ1v) is 6.81.